The molecule has 0 aromatic carbocycles. The molecule has 0 fully saturated rings. The molecule has 0 bridgehead atoms. The fourth-order valence-electron chi connectivity index (χ4n) is 0.995. The van der Waals surface area contributed by atoms with E-state index in [9.17, 15) is 4.79 Å². The number of rotatable bonds is 5. The predicted octanol–water partition coefficient (Wildman–Crippen LogP) is 1.72. The van der Waals surface area contributed by atoms with Crippen LogP contribution in [0.15, 0.2) is 16.0 Å². The lowest BCUT2D eigenvalue weighted by molar-refractivity contribution is -0.136. The van der Waals surface area contributed by atoms with Crippen LogP contribution in [0.25, 0.3) is 0 Å². The van der Waals surface area contributed by atoms with E-state index in [1.807, 2.05) is 13.0 Å². The molecule has 0 amide bonds. The molecule has 1 heterocycles. The average molecular weight is 259 g/mol. The van der Waals surface area contributed by atoms with Gasteiger partial charge in [0.15, 0.2) is 4.34 Å². The minimum absolute atomic E-state index is 0.278. The van der Waals surface area contributed by atoms with E-state index in [0.717, 1.165) is 4.34 Å². The van der Waals surface area contributed by atoms with Gasteiger partial charge in [0.2, 0.25) is 5.13 Å². The third kappa shape index (κ3) is 3.82. The first-order chi connectivity index (χ1) is 7.67. The monoisotopic (exact) mass is 259 g/mol. The van der Waals surface area contributed by atoms with E-state index in [2.05, 4.69) is 14.9 Å². The molecule has 0 aliphatic carbocycles. The van der Waals surface area contributed by atoms with Crippen LogP contribution in [-0.4, -0.2) is 29.0 Å². The van der Waals surface area contributed by atoms with E-state index < -0.39 is 0 Å². The van der Waals surface area contributed by atoms with Crippen LogP contribution in [0, 0.1) is 0 Å². The fraction of sp³-hybridized carbons (Fsp3) is 0.444. The highest BCUT2D eigenvalue weighted by atomic mass is 32.2. The molecule has 16 heavy (non-hydrogen) atoms. The molecule has 1 aromatic rings. The van der Waals surface area contributed by atoms with Crippen molar-refractivity contribution >= 4 is 34.2 Å². The van der Waals surface area contributed by atoms with Gasteiger partial charge in [-0.2, -0.15) is 0 Å². The van der Waals surface area contributed by atoms with Crippen molar-refractivity contribution in [1.29, 1.82) is 0 Å². The quantitative estimate of drug-likeness (QED) is 0.493. The zero-order valence-electron chi connectivity index (χ0n) is 9.10. The number of esters is 1. The Bertz CT molecular complexity index is 390. The predicted molar refractivity (Wildman–Crippen MR) is 65.4 cm³/mol. The number of methoxy groups -OCH3 is 1. The first-order valence-electron chi connectivity index (χ1n) is 4.66. The summed E-state index contributed by atoms with van der Waals surface area (Å²) in [5.41, 5.74) is 6.12. The Balaban J connectivity index is 2.49. The number of aromatic nitrogens is 2. The lowest BCUT2D eigenvalue weighted by atomic mass is 10.2. The average Bonchev–Trinajstić information content (AvgIpc) is 2.69. The first-order valence-corrected chi connectivity index (χ1v) is 6.46. The Hall–Kier alpha value is -1.08. The molecular formula is C9H13N3O2S2. The lowest BCUT2D eigenvalue weighted by Gasteiger charge is -2.00. The molecule has 0 saturated carbocycles. The van der Waals surface area contributed by atoms with Crippen molar-refractivity contribution in [3.8, 4) is 0 Å². The van der Waals surface area contributed by atoms with Gasteiger partial charge in [0.1, 0.15) is 0 Å². The molecule has 0 aliphatic rings. The second-order valence-electron chi connectivity index (χ2n) is 2.79. The third-order valence-electron chi connectivity index (χ3n) is 1.79. The van der Waals surface area contributed by atoms with Gasteiger partial charge in [-0.25, -0.2) is 4.79 Å². The summed E-state index contributed by atoms with van der Waals surface area (Å²) < 4.78 is 5.45. The van der Waals surface area contributed by atoms with Crippen molar-refractivity contribution in [2.45, 2.75) is 17.7 Å². The van der Waals surface area contributed by atoms with Crippen LogP contribution in [0.3, 0.4) is 0 Å². The van der Waals surface area contributed by atoms with Crippen molar-refractivity contribution in [2.75, 3.05) is 18.6 Å². The van der Waals surface area contributed by atoms with E-state index in [1.165, 1.54) is 30.2 Å². The highest BCUT2D eigenvalue weighted by molar-refractivity contribution is 8.01. The highest BCUT2D eigenvalue weighted by Gasteiger charge is 2.06. The number of hydrogen-bond acceptors (Lipinski definition) is 7. The summed E-state index contributed by atoms with van der Waals surface area (Å²) in [6, 6.07) is 0. The summed E-state index contributed by atoms with van der Waals surface area (Å²) in [4.78, 5) is 11.2. The van der Waals surface area contributed by atoms with Gasteiger partial charge < -0.3 is 10.5 Å². The molecule has 0 saturated heterocycles. The standard InChI is InChI=1S/C9H13N3O2S2/c1-3-6(7(13)14-2)4-5-15-9-12-11-8(10)16-9/h4H,3,5H2,1-2H3,(H2,10,11). The number of carbonyl (C=O) groups is 1. The van der Waals surface area contributed by atoms with Gasteiger partial charge in [-0.1, -0.05) is 36.1 Å². The summed E-state index contributed by atoms with van der Waals surface area (Å²) in [5, 5.41) is 8.02. The Kier molecular flexibility index (Phi) is 5.27. The van der Waals surface area contributed by atoms with Crippen molar-refractivity contribution in [3.05, 3.63) is 11.6 Å². The van der Waals surface area contributed by atoms with Crippen LogP contribution >= 0.6 is 23.1 Å². The number of anilines is 1. The van der Waals surface area contributed by atoms with Crippen molar-refractivity contribution in [1.82, 2.24) is 10.2 Å². The fourth-order valence-corrected chi connectivity index (χ4v) is 2.56. The Morgan fingerprint density at radius 2 is 2.38 bits per heavy atom. The molecule has 2 N–H and O–H groups in total. The number of thioether (sulfide) groups is 1. The minimum Gasteiger partial charge on any atom is -0.466 e. The van der Waals surface area contributed by atoms with Gasteiger partial charge in [-0.15, -0.1) is 10.2 Å². The molecule has 88 valence electrons. The number of carbonyl (C=O) groups excluding carboxylic acids is 1. The number of hydrogen-bond donors (Lipinski definition) is 1. The zero-order chi connectivity index (χ0) is 12.0. The van der Waals surface area contributed by atoms with Crippen LogP contribution in [0.2, 0.25) is 0 Å². The topological polar surface area (TPSA) is 78.1 Å². The summed E-state index contributed by atoms with van der Waals surface area (Å²) in [5.74, 6) is 0.382. The normalized spacial score (nSPS) is 11.5. The van der Waals surface area contributed by atoms with Gasteiger partial charge in [-0.3, -0.25) is 0 Å². The highest BCUT2D eigenvalue weighted by Crippen LogP contribution is 2.23. The Morgan fingerprint density at radius 1 is 1.62 bits per heavy atom. The van der Waals surface area contributed by atoms with Crippen LogP contribution in [0.4, 0.5) is 5.13 Å². The maximum Gasteiger partial charge on any atom is 0.333 e. The maximum atomic E-state index is 11.2. The van der Waals surface area contributed by atoms with Gasteiger partial charge in [0.05, 0.1) is 7.11 Å². The second kappa shape index (κ2) is 6.49. The largest absolute Gasteiger partial charge is 0.466 e. The van der Waals surface area contributed by atoms with E-state index in [-0.39, 0.29) is 5.97 Å². The smallest absolute Gasteiger partial charge is 0.333 e. The SMILES string of the molecule is CCC(=CCSc1nnc(N)s1)C(=O)OC. The number of nitrogen functional groups attached to an aromatic ring is 1. The summed E-state index contributed by atoms with van der Waals surface area (Å²) in [6.07, 6.45) is 2.50. The lowest BCUT2D eigenvalue weighted by Crippen LogP contribution is -2.04. The van der Waals surface area contributed by atoms with Crippen LogP contribution in [-0.2, 0) is 9.53 Å². The van der Waals surface area contributed by atoms with Crippen molar-refractivity contribution < 1.29 is 9.53 Å². The van der Waals surface area contributed by atoms with Gasteiger partial charge >= 0.3 is 5.97 Å². The van der Waals surface area contributed by atoms with Crippen LogP contribution in [0.5, 0.6) is 0 Å². The van der Waals surface area contributed by atoms with Gasteiger partial charge in [-0.05, 0) is 6.42 Å². The second-order valence-corrected chi connectivity index (χ2v) is 5.07. The molecule has 1 aromatic heterocycles. The summed E-state index contributed by atoms with van der Waals surface area (Å²) >= 11 is 2.83. The van der Waals surface area contributed by atoms with E-state index in [0.29, 0.717) is 22.9 Å². The molecular weight excluding hydrogens is 246 g/mol. The Labute approximate surface area is 102 Å². The van der Waals surface area contributed by atoms with E-state index in [1.54, 1.807) is 0 Å². The van der Waals surface area contributed by atoms with E-state index >= 15 is 0 Å². The van der Waals surface area contributed by atoms with Crippen molar-refractivity contribution in [2.24, 2.45) is 0 Å². The Morgan fingerprint density at radius 3 is 2.88 bits per heavy atom. The molecule has 0 unspecified atom stereocenters. The third-order valence-corrected chi connectivity index (χ3v) is 3.60. The van der Waals surface area contributed by atoms with Gasteiger partial charge in [0, 0.05) is 11.3 Å². The zero-order valence-corrected chi connectivity index (χ0v) is 10.7. The molecule has 5 nitrogen and oxygen atoms in total. The molecule has 1 rings (SSSR count). The van der Waals surface area contributed by atoms with Crippen LogP contribution < -0.4 is 5.73 Å². The molecule has 0 spiro atoms. The number of ether oxygens (including phenoxy) is 1. The number of nitrogens with two attached hydrogens (primary N) is 1. The summed E-state index contributed by atoms with van der Waals surface area (Å²) in [7, 11) is 1.38. The van der Waals surface area contributed by atoms with Crippen molar-refractivity contribution in [3.63, 3.8) is 0 Å². The first kappa shape index (κ1) is 13.0. The number of nitrogens with zero attached hydrogens (tertiary/aromatic N) is 2. The van der Waals surface area contributed by atoms with Gasteiger partial charge in [0.25, 0.3) is 0 Å². The molecule has 0 atom stereocenters. The molecule has 0 radical (unpaired) electrons. The van der Waals surface area contributed by atoms with E-state index in [4.69, 9.17) is 5.73 Å². The van der Waals surface area contributed by atoms with Crippen LogP contribution in [0.1, 0.15) is 13.3 Å². The summed E-state index contributed by atoms with van der Waals surface area (Å²) in [6.45, 7) is 1.91. The minimum atomic E-state index is -0.278. The molecule has 7 heteroatoms. The maximum absolute atomic E-state index is 11.2. The molecule has 0 aliphatic heterocycles.